The van der Waals surface area contributed by atoms with Gasteiger partial charge in [-0.2, -0.15) is 0 Å². The molecular formula is C13H19N3O2S. The van der Waals surface area contributed by atoms with Crippen LogP contribution in [0, 0.1) is 0 Å². The van der Waals surface area contributed by atoms with E-state index in [1.165, 1.54) is 0 Å². The summed E-state index contributed by atoms with van der Waals surface area (Å²) in [4.78, 5) is 16.1. The summed E-state index contributed by atoms with van der Waals surface area (Å²) >= 11 is 0. The maximum atomic E-state index is 12.0. The largest absolute Gasteiger partial charge is 0.384 e. The minimum absolute atomic E-state index is 0.125. The summed E-state index contributed by atoms with van der Waals surface area (Å²) in [6, 6.07) is 3.69. The molecule has 1 aromatic rings. The number of nitrogens with one attached hydrogen (secondary N) is 2. The third-order valence-corrected chi connectivity index (χ3v) is 4.48. The summed E-state index contributed by atoms with van der Waals surface area (Å²) in [5.41, 5.74) is 1.33. The normalized spacial score (nSPS) is 22.8. The van der Waals surface area contributed by atoms with Crippen LogP contribution in [0.1, 0.15) is 30.3 Å². The molecule has 0 spiro atoms. The van der Waals surface area contributed by atoms with E-state index in [0.29, 0.717) is 17.2 Å². The van der Waals surface area contributed by atoms with Gasteiger partial charge in [0.05, 0.1) is 11.9 Å². The smallest absolute Gasteiger partial charge is 0.270 e. The fourth-order valence-electron chi connectivity index (χ4n) is 2.03. The number of carbonyl (C=O) groups excluding carboxylic acids is 1. The predicted octanol–water partition coefficient (Wildman–Crippen LogP) is 1.15. The van der Waals surface area contributed by atoms with Crippen LogP contribution >= 0.6 is 0 Å². The van der Waals surface area contributed by atoms with Gasteiger partial charge in [-0.25, -0.2) is 4.98 Å². The fraction of sp³-hybridized carbons (Fsp3) is 0.538. The Kier molecular flexibility index (Phi) is 4.90. The number of carbonyl (C=O) groups is 1. The maximum Gasteiger partial charge on any atom is 0.270 e. The molecule has 6 heteroatoms. The van der Waals surface area contributed by atoms with Crippen molar-refractivity contribution >= 4 is 22.4 Å². The number of aromatic nitrogens is 1. The van der Waals surface area contributed by atoms with E-state index in [-0.39, 0.29) is 11.9 Å². The number of rotatable bonds is 4. The molecule has 1 aliphatic heterocycles. The van der Waals surface area contributed by atoms with Gasteiger partial charge in [-0.15, -0.1) is 0 Å². The van der Waals surface area contributed by atoms with Crippen molar-refractivity contribution in [2.45, 2.75) is 25.8 Å². The Balaban J connectivity index is 1.90. The Hall–Kier alpha value is -1.43. The molecule has 1 aliphatic rings. The van der Waals surface area contributed by atoms with Crippen molar-refractivity contribution in [3.05, 3.63) is 24.0 Å². The highest BCUT2D eigenvalue weighted by molar-refractivity contribution is 7.85. The fourth-order valence-corrected chi connectivity index (χ4v) is 3.33. The van der Waals surface area contributed by atoms with Gasteiger partial charge in [-0.05, 0) is 31.9 Å². The van der Waals surface area contributed by atoms with Crippen molar-refractivity contribution in [2.24, 2.45) is 0 Å². The second-order valence-corrected chi connectivity index (χ2v) is 6.25. The Morgan fingerprint density at radius 1 is 1.42 bits per heavy atom. The minimum Gasteiger partial charge on any atom is -0.384 e. The Morgan fingerprint density at radius 3 is 2.74 bits per heavy atom. The molecule has 19 heavy (non-hydrogen) atoms. The second-order valence-electron chi connectivity index (χ2n) is 4.56. The van der Waals surface area contributed by atoms with Crippen molar-refractivity contribution in [3.8, 4) is 0 Å². The summed E-state index contributed by atoms with van der Waals surface area (Å²) in [5, 5.41) is 6.08. The zero-order valence-electron chi connectivity index (χ0n) is 11.0. The third kappa shape index (κ3) is 4.02. The summed E-state index contributed by atoms with van der Waals surface area (Å²) in [6.07, 6.45) is 3.23. The Bertz CT molecular complexity index is 451. The van der Waals surface area contributed by atoms with Crippen molar-refractivity contribution in [1.82, 2.24) is 10.3 Å². The lowest BCUT2D eigenvalue weighted by Gasteiger charge is -2.22. The van der Waals surface area contributed by atoms with Gasteiger partial charge >= 0.3 is 0 Å². The first-order chi connectivity index (χ1) is 9.19. The van der Waals surface area contributed by atoms with Gasteiger partial charge in [-0.3, -0.25) is 9.00 Å². The lowest BCUT2D eigenvalue weighted by atomic mass is 10.1. The van der Waals surface area contributed by atoms with Crippen LogP contribution in [0.2, 0.25) is 0 Å². The standard InChI is InChI=1S/C13H19N3O2S/c1-2-14-11-3-4-12(15-9-11)13(17)16-10-5-7-19(18)8-6-10/h3-4,9-10,14H,2,5-8H2,1H3,(H,16,17). The summed E-state index contributed by atoms with van der Waals surface area (Å²) in [6.45, 7) is 2.83. The van der Waals surface area contributed by atoms with Gasteiger partial charge in [0.25, 0.3) is 5.91 Å². The first kappa shape index (κ1) is 14.0. The van der Waals surface area contributed by atoms with Gasteiger partial charge in [-0.1, -0.05) is 0 Å². The molecule has 1 fully saturated rings. The minimum atomic E-state index is -0.701. The molecule has 0 aromatic carbocycles. The van der Waals surface area contributed by atoms with E-state index in [1.807, 2.05) is 13.0 Å². The van der Waals surface area contributed by atoms with Gasteiger partial charge in [0.15, 0.2) is 0 Å². The molecule has 0 unspecified atom stereocenters. The SMILES string of the molecule is CCNc1ccc(C(=O)NC2CCS(=O)CC2)nc1. The first-order valence-corrected chi connectivity index (χ1v) is 8.03. The quantitative estimate of drug-likeness (QED) is 0.868. The van der Waals surface area contributed by atoms with E-state index < -0.39 is 10.8 Å². The predicted molar refractivity (Wildman–Crippen MR) is 76.8 cm³/mol. The van der Waals surface area contributed by atoms with E-state index in [4.69, 9.17) is 0 Å². The van der Waals surface area contributed by atoms with Crippen LogP contribution in [0.4, 0.5) is 5.69 Å². The second kappa shape index (κ2) is 6.65. The van der Waals surface area contributed by atoms with Crippen molar-refractivity contribution in [3.63, 3.8) is 0 Å². The van der Waals surface area contributed by atoms with Crippen LogP contribution < -0.4 is 10.6 Å². The highest BCUT2D eigenvalue weighted by Crippen LogP contribution is 2.11. The number of hydrogen-bond donors (Lipinski definition) is 2. The van der Waals surface area contributed by atoms with Gasteiger partial charge in [0.2, 0.25) is 0 Å². The molecule has 2 rings (SSSR count). The molecule has 1 aromatic heterocycles. The maximum absolute atomic E-state index is 12.0. The van der Waals surface area contributed by atoms with Crippen LogP contribution in [-0.2, 0) is 10.8 Å². The van der Waals surface area contributed by atoms with Gasteiger partial charge in [0.1, 0.15) is 5.69 Å². The van der Waals surface area contributed by atoms with Crippen LogP contribution in [0.25, 0.3) is 0 Å². The highest BCUT2D eigenvalue weighted by atomic mass is 32.2. The van der Waals surface area contributed by atoms with Crippen LogP contribution in [-0.4, -0.2) is 39.2 Å². The molecule has 2 N–H and O–H groups in total. The molecule has 104 valence electrons. The Labute approximate surface area is 115 Å². The van der Waals surface area contributed by atoms with E-state index in [2.05, 4.69) is 15.6 Å². The molecule has 1 saturated heterocycles. The average Bonchev–Trinajstić information content (AvgIpc) is 2.42. The third-order valence-electron chi connectivity index (χ3n) is 3.10. The van der Waals surface area contributed by atoms with Crippen LogP contribution in [0.15, 0.2) is 18.3 Å². The molecule has 1 amide bonds. The van der Waals surface area contributed by atoms with Gasteiger partial charge < -0.3 is 10.6 Å². The first-order valence-electron chi connectivity index (χ1n) is 6.55. The lowest BCUT2D eigenvalue weighted by Crippen LogP contribution is -2.39. The number of amides is 1. The number of pyridine rings is 1. The molecule has 5 nitrogen and oxygen atoms in total. The molecule has 2 heterocycles. The van der Waals surface area contributed by atoms with Crippen molar-refractivity contribution < 1.29 is 9.00 Å². The molecule has 0 bridgehead atoms. The lowest BCUT2D eigenvalue weighted by molar-refractivity contribution is 0.0929. The zero-order chi connectivity index (χ0) is 13.7. The topological polar surface area (TPSA) is 71.1 Å². The van der Waals surface area contributed by atoms with E-state index in [0.717, 1.165) is 25.1 Å². The monoisotopic (exact) mass is 281 g/mol. The number of anilines is 1. The average molecular weight is 281 g/mol. The molecule has 0 atom stereocenters. The number of hydrogen-bond acceptors (Lipinski definition) is 4. The molecule has 0 radical (unpaired) electrons. The highest BCUT2D eigenvalue weighted by Gasteiger charge is 2.20. The summed E-state index contributed by atoms with van der Waals surface area (Å²) in [7, 11) is -0.701. The van der Waals surface area contributed by atoms with E-state index >= 15 is 0 Å². The Morgan fingerprint density at radius 2 is 2.16 bits per heavy atom. The molecule has 0 saturated carbocycles. The summed E-state index contributed by atoms with van der Waals surface area (Å²) in [5.74, 6) is 1.20. The van der Waals surface area contributed by atoms with Crippen LogP contribution in [0.5, 0.6) is 0 Å². The zero-order valence-corrected chi connectivity index (χ0v) is 11.8. The number of nitrogens with zero attached hydrogens (tertiary/aromatic N) is 1. The molecular weight excluding hydrogens is 262 g/mol. The van der Waals surface area contributed by atoms with Crippen LogP contribution in [0.3, 0.4) is 0 Å². The van der Waals surface area contributed by atoms with E-state index in [1.54, 1.807) is 12.3 Å². The van der Waals surface area contributed by atoms with E-state index in [9.17, 15) is 9.00 Å². The summed E-state index contributed by atoms with van der Waals surface area (Å²) < 4.78 is 11.2. The van der Waals surface area contributed by atoms with Crippen molar-refractivity contribution in [1.29, 1.82) is 0 Å². The van der Waals surface area contributed by atoms with Gasteiger partial charge in [0, 0.05) is 34.9 Å². The molecule has 0 aliphatic carbocycles. The van der Waals surface area contributed by atoms with Crippen molar-refractivity contribution in [2.75, 3.05) is 23.4 Å².